The molecule has 3 rings (SSSR count). The summed E-state index contributed by atoms with van der Waals surface area (Å²) in [7, 11) is -0.230. The van der Waals surface area contributed by atoms with Gasteiger partial charge in [-0.25, -0.2) is 12.7 Å². The molecule has 0 amide bonds. The molecule has 0 aliphatic carbocycles. The van der Waals surface area contributed by atoms with E-state index in [1.54, 1.807) is 27.3 Å². The van der Waals surface area contributed by atoms with Crippen LogP contribution in [0.5, 0.6) is 5.75 Å². The summed E-state index contributed by atoms with van der Waals surface area (Å²) >= 11 is 0. The van der Waals surface area contributed by atoms with Gasteiger partial charge in [0.1, 0.15) is 5.75 Å². The van der Waals surface area contributed by atoms with E-state index in [0.717, 1.165) is 27.8 Å². The molecule has 1 atom stereocenters. The molecular formula is C19H23N3O3S. The molecular weight excluding hydrogens is 350 g/mol. The minimum Gasteiger partial charge on any atom is -0.496 e. The molecule has 1 heterocycles. The predicted octanol–water partition coefficient (Wildman–Crippen LogP) is 3.14. The van der Waals surface area contributed by atoms with E-state index in [1.165, 1.54) is 4.31 Å². The van der Waals surface area contributed by atoms with Gasteiger partial charge in [0.2, 0.25) is 10.0 Å². The second kappa shape index (κ2) is 7.47. The lowest BCUT2D eigenvalue weighted by atomic mass is 10.1. The highest BCUT2D eigenvalue weighted by Crippen LogP contribution is 2.27. The van der Waals surface area contributed by atoms with E-state index < -0.39 is 15.3 Å². The maximum Gasteiger partial charge on any atom is 0.220 e. The van der Waals surface area contributed by atoms with E-state index in [1.807, 2.05) is 42.5 Å². The Balaban J connectivity index is 1.75. The monoisotopic (exact) mass is 373 g/mol. The van der Waals surface area contributed by atoms with Gasteiger partial charge in [0.25, 0.3) is 0 Å². The number of ether oxygens (including phenoxy) is 1. The van der Waals surface area contributed by atoms with Crippen LogP contribution in [0.25, 0.3) is 10.9 Å². The van der Waals surface area contributed by atoms with Gasteiger partial charge in [0, 0.05) is 19.0 Å². The molecule has 0 saturated heterocycles. The van der Waals surface area contributed by atoms with Crippen LogP contribution in [-0.2, 0) is 16.4 Å². The lowest BCUT2D eigenvalue weighted by Gasteiger charge is -2.22. The molecule has 0 spiro atoms. The minimum atomic E-state index is -3.47. The fourth-order valence-electron chi connectivity index (χ4n) is 2.97. The molecule has 0 aliphatic rings. The van der Waals surface area contributed by atoms with Gasteiger partial charge in [-0.1, -0.05) is 24.3 Å². The Morgan fingerprint density at radius 2 is 2.00 bits per heavy atom. The van der Waals surface area contributed by atoms with Crippen molar-refractivity contribution in [3.05, 3.63) is 59.8 Å². The normalized spacial score (nSPS) is 13.2. The number of methoxy groups -OCH3 is 1. The number of benzene rings is 2. The lowest BCUT2D eigenvalue weighted by Crippen LogP contribution is -2.32. The number of aromatic amines is 1. The molecule has 138 valence electrons. The second-order valence-electron chi connectivity index (χ2n) is 6.29. The van der Waals surface area contributed by atoms with Gasteiger partial charge in [0.15, 0.2) is 0 Å². The molecule has 26 heavy (non-hydrogen) atoms. The highest BCUT2D eigenvalue weighted by molar-refractivity contribution is 7.89. The van der Waals surface area contributed by atoms with Gasteiger partial charge in [-0.3, -0.25) is 5.10 Å². The molecule has 1 aromatic heterocycles. The Morgan fingerprint density at radius 3 is 2.77 bits per heavy atom. The first-order chi connectivity index (χ1) is 12.4. The summed E-state index contributed by atoms with van der Waals surface area (Å²) in [5, 5.41) is 7.13. The quantitative estimate of drug-likeness (QED) is 0.690. The lowest BCUT2D eigenvalue weighted by molar-refractivity contribution is 0.405. The Morgan fingerprint density at radius 1 is 1.23 bits per heavy atom. The third kappa shape index (κ3) is 3.59. The molecule has 2 aromatic carbocycles. The predicted molar refractivity (Wildman–Crippen MR) is 103 cm³/mol. The topological polar surface area (TPSA) is 75.3 Å². The maximum atomic E-state index is 13.0. The van der Waals surface area contributed by atoms with Crippen molar-refractivity contribution >= 4 is 20.9 Å². The smallest absolute Gasteiger partial charge is 0.220 e. The molecule has 0 saturated carbocycles. The van der Waals surface area contributed by atoms with E-state index in [9.17, 15) is 8.42 Å². The number of sulfonamides is 1. The summed E-state index contributed by atoms with van der Waals surface area (Å²) in [6.45, 7) is 2.11. The van der Waals surface area contributed by atoms with Crippen molar-refractivity contribution in [2.75, 3.05) is 20.7 Å². The number of fused-ring (bicyclic) bond motifs is 1. The summed E-state index contributed by atoms with van der Waals surface area (Å²) in [4.78, 5) is 0. The van der Waals surface area contributed by atoms with Crippen LogP contribution in [0.15, 0.2) is 48.7 Å². The van der Waals surface area contributed by atoms with Gasteiger partial charge < -0.3 is 4.74 Å². The van der Waals surface area contributed by atoms with Crippen LogP contribution in [0.3, 0.4) is 0 Å². The Labute approximate surface area is 153 Å². The Bertz CT molecular complexity index is 998. The van der Waals surface area contributed by atoms with E-state index in [-0.39, 0.29) is 0 Å². The standard InChI is InChI=1S/C19H23N3O3S/c1-14(16-8-9-18-17(12-16)13-20-21-18)26(23,24)22(2)11-10-15-6-4-5-7-19(15)25-3/h4-9,12-14H,10-11H2,1-3H3,(H,20,21). The molecule has 0 radical (unpaired) electrons. The molecule has 0 fully saturated rings. The van der Waals surface area contributed by atoms with Gasteiger partial charge in [-0.15, -0.1) is 0 Å². The van der Waals surface area contributed by atoms with E-state index >= 15 is 0 Å². The number of likely N-dealkylation sites (N-methyl/N-ethyl adjacent to an activating group) is 1. The third-order valence-electron chi connectivity index (χ3n) is 4.70. The van der Waals surface area contributed by atoms with Crippen LogP contribution in [0.4, 0.5) is 0 Å². The summed E-state index contributed by atoms with van der Waals surface area (Å²) in [6, 6.07) is 13.2. The van der Waals surface area contributed by atoms with E-state index in [4.69, 9.17) is 4.74 Å². The largest absolute Gasteiger partial charge is 0.496 e. The third-order valence-corrected chi connectivity index (χ3v) is 6.92. The van der Waals surface area contributed by atoms with Crippen molar-refractivity contribution in [3.63, 3.8) is 0 Å². The Kier molecular flexibility index (Phi) is 5.29. The van der Waals surface area contributed by atoms with Crippen LogP contribution in [0, 0.1) is 0 Å². The number of aromatic nitrogens is 2. The fourth-order valence-corrected chi connectivity index (χ4v) is 4.35. The zero-order valence-corrected chi connectivity index (χ0v) is 16.0. The zero-order chi connectivity index (χ0) is 18.7. The first-order valence-corrected chi connectivity index (χ1v) is 9.94. The van der Waals surface area contributed by atoms with E-state index in [2.05, 4.69) is 10.2 Å². The van der Waals surface area contributed by atoms with Crippen LogP contribution in [-0.4, -0.2) is 43.6 Å². The highest BCUT2D eigenvalue weighted by atomic mass is 32.2. The molecule has 3 aromatic rings. The first-order valence-electron chi connectivity index (χ1n) is 8.43. The van der Waals surface area contributed by atoms with Gasteiger partial charge in [0.05, 0.1) is 24.1 Å². The fraction of sp³-hybridized carbons (Fsp3) is 0.316. The number of rotatable bonds is 7. The molecule has 6 nitrogen and oxygen atoms in total. The number of hydrogen-bond donors (Lipinski definition) is 1. The van der Waals surface area contributed by atoms with Crippen molar-refractivity contribution in [2.45, 2.75) is 18.6 Å². The van der Waals surface area contributed by atoms with Gasteiger partial charge >= 0.3 is 0 Å². The number of nitrogens with one attached hydrogen (secondary N) is 1. The molecule has 0 bridgehead atoms. The maximum absolute atomic E-state index is 13.0. The first kappa shape index (κ1) is 18.4. The molecule has 0 aliphatic heterocycles. The van der Waals surface area contributed by atoms with Crippen molar-refractivity contribution in [2.24, 2.45) is 0 Å². The average molecular weight is 373 g/mol. The SMILES string of the molecule is COc1ccccc1CCN(C)S(=O)(=O)C(C)c1ccc2[nH]ncc2c1. The summed E-state index contributed by atoms with van der Waals surface area (Å²) in [5.41, 5.74) is 2.63. The van der Waals surface area contributed by atoms with Crippen molar-refractivity contribution in [3.8, 4) is 5.75 Å². The number of para-hydroxylation sites is 1. The van der Waals surface area contributed by atoms with Crippen LogP contribution in [0.1, 0.15) is 23.3 Å². The summed E-state index contributed by atoms with van der Waals surface area (Å²) in [6.07, 6.45) is 2.29. The number of hydrogen-bond acceptors (Lipinski definition) is 4. The van der Waals surface area contributed by atoms with Crippen LogP contribution in [0.2, 0.25) is 0 Å². The summed E-state index contributed by atoms with van der Waals surface area (Å²) < 4.78 is 32.7. The summed E-state index contributed by atoms with van der Waals surface area (Å²) in [5.74, 6) is 0.775. The van der Waals surface area contributed by atoms with Crippen molar-refractivity contribution < 1.29 is 13.2 Å². The van der Waals surface area contributed by atoms with E-state index in [0.29, 0.717) is 13.0 Å². The van der Waals surface area contributed by atoms with Gasteiger partial charge in [-0.2, -0.15) is 5.10 Å². The molecule has 1 N–H and O–H groups in total. The minimum absolute atomic E-state index is 0.390. The van der Waals surface area contributed by atoms with Crippen molar-refractivity contribution in [1.82, 2.24) is 14.5 Å². The highest BCUT2D eigenvalue weighted by Gasteiger charge is 2.27. The second-order valence-corrected chi connectivity index (χ2v) is 8.65. The molecule has 7 heteroatoms. The zero-order valence-electron chi connectivity index (χ0n) is 15.1. The average Bonchev–Trinajstić information content (AvgIpc) is 3.13. The number of H-pyrrole nitrogens is 1. The van der Waals surface area contributed by atoms with Gasteiger partial charge in [-0.05, 0) is 42.7 Å². The number of nitrogens with zero attached hydrogens (tertiary/aromatic N) is 2. The van der Waals surface area contributed by atoms with Crippen LogP contribution >= 0.6 is 0 Å². The Hall–Kier alpha value is -2.38. The van der Waals surface area contributed by atoms with Crippen LogP contribution < -0.4 is 4.74 Å². The van der Waals surface area contributed by atoms with Crippen molar-refractivity contribution in [1.29, 1.82) is 0 Å². The molecule has 1 unspecified atom stereocenters.